The third kappa shape index (κ3) is 3.53. The molecule has 9 heteroatoms. The van der Waals surface area contributed by atoms with E-state index in [1.165, 1.54) is 30.4 Å². The molecule has 3 N–H and O–H groups in total. The van der Waals surface area contributed by atoms with Gasteiger partial charge in [-0.25, -0.2) is 0 Å². The van der Waals surface area contributed by atoms with Crippen LogP contribution in [-0.2, 0) is 17.6 Å². The molecule has 1 aromatic heterocycles. The SMILES string of the molecule is CN(C(=O)C12CC(N)(C1)C2)[C@@H](c1ccc(NC2Cc3ccc(Cl)cc3C2)cn1)C(F)(F)F. The number of carbonyl (C=O) groups is 1. The van der Waals surface area contributed by atoms with E-state index in [4.69, 9.17) is 17.3 Å². The molecule has 0 aliphatic heterocycles. The molecule has 2 bridgehead atoms. The number of hydrogen-bond acceptors (Lipinski definition) is 4. The lowest BCUT2D eigenvalue weighted by molar-refractivity contribution is -0.211. The zero-order valence-electron chi connectivity index (χ0n) is 17.5. The molecule has 2 atom stereocenters. The maximum Gasteiger partial charge on any atom is 0.414 e. The van der Waals surface area contributed by atoms with Crippen molar-refractivity contribution in [2.45, 2.75) is 55.9 Å². The highest BCUT2D eigenvalue weighted by atomic mass is 35.5. The summed E-state index contributed by atoms with van der Waals surface area (Å²) in [4.78, 5) is 17.7. The van der Waals surface area contributed by atoms with Gasteiger partial charge in [0.05, 0.1) is 23.0 Å². The second-order valence-corrected chi connectivity index (χ2v) is 10.1. The molecule has 0 saturated heterocycles. The molecule has 1 unspecified atom stereocenters. The summed E-state index contributed by atoms with van der Waals surface area (Å²) in [5, 5.41) is 4.02. The van der Waals surface area contributed by atoms with E-state index in [2.05, 4.69) is 10.3 Å². The molecule has 4 aliphatic carbocycles. The third-order valence-electron chi connectivity index (χ3n) is 7.08. The molecule has 0 radical (unpaired) electrons. The van der Waals surface area contributed by atoms with Crippen LogP contribution in [0.3, 0.4) is 0 Å². The van der Waals surface area contributed by atoms with Gasteiger partial charge in [0.25, 0.3) is 0 Å². The Morgan fingerprint density at radius 2 is 1.91 bits per heavy atom. The number of alkyl halides is 3. The Balaban J connectivity index is 1.29. The highest BCUT2D eigenvalue weighted by molar-refractivity contribution is 6.30. The number of rotatable bonds is 5. The summed E-state index contributed by atoms with van der Waals surface area (Å²) in [7, 11) is 1.21. The van der Waals surface area contributed by atoms with Crippen LogP contribution >= 0.6 is 11.6 Å². The number of hydrogen-bond donors (Lipinski definition) is 2. The Morgan fingerprint density at radius 1 is 1.22 bits per heavy atom. The molecule has 5 nitrogen and oxygen atoms in total. The smallest absolute Gasteiger partial charge is 0.380 e. The largest absolute Gasteiger partial charge is 0.414 e. The fraction of sp³-hybridized carbons (Fsp3) is 0.478. The van der Waals surface area contributed by atoms with Crippen molar-refractivity contribution >= 4 is 23.2 Å². The van der Waals surface area contributed by atoms with Crippen molar-refractivity contribution in [1.82, 2.24) is 9.88 Å². The molecular formula is C23H24ClF3N4O. The van der Waals surface area contributed by atoms with Crippen LogP contribution < -0.4 is 11.1 Å². The molecule has 4 aliphatic rings. The number of halogens is 4. The number of benzene rings is 1. The third-order valence-corrected chi connectivity index (χ3v) is 7.32. The molecule has 1 aromatic carbocycles. The minimum atomic E-state index is -4.64. The number of aromatic nitrogens is 1. The van der Waals surface area contributed by atoms with Crippen LogP contribution in [0.4, 0.5) is 18.9 Å². The number of nitrogens with two attached hydrogens (primary N) is 1. The lowest BCUT2D eigenvalue weighted by atomic mass is 9.39. The monoisotopic (exact) mass is 464 g/mol. The predicted octanol–water partition coefficient (Wildman–Crippen LogP) is 4.26. The molecule has 3 saturated carbocycles. The summed E-state index contributed by atoms with van der Waals surface area (Å²) in [6, 6.07) is 6.75. The van der Waals surface area contributed by atoms with E-state index in [-0.39, 0.29) is 17.3 Å². The summed E-state index contributed by atoms with van der Waals surface area (Å²) in [6.07, 6.45) is -0.274. The van der Waals surface area contributed by atoms with Crippen molar-refractivity contribution in [3.63, 3.8) is 0 Å². The zero-order chi connectivity index (χ0) is 22.9. The first-order chi connectivity index (χ1) is 15.0. The minimum Gasteiger partial charge on any atom is -0.380 e. The van der Waals surface area contributed by atoms with E-state index < -0.39 is 23.5 Å². The number of amides is 1. The Bertz CT molecular complexity index is 1050. The van der Waals surface area contributed by atoms with Gasteiger partial charge in [-0.2, -0.15) is 13.2 Å². The maximum absolute atomic E-state index is 13.9. The second kappa shape index (κ2) is 7.09. The van der Waals surface area contributed by atoms with Gasteiger partial charge < -0.3 is 16.0 Å². The van der Waals surface area contributed by atoms with E-state index in [9.17, 15) is 18.0 Å². The van der Waals surface area contributed by atoms with Gasteiger partial charge >= 0.3 is 6.18 Å². The van der Waals surface area contributed by atoms with Crippen LogP contribution in [0.1, 0.15) is 42.1 Å². The molecule has 170 valence electrons. The van der Waals surface area contributed by atoms with Crippen molar-refractivity contribution < 1.29 is 18.0 Å². The average Bonchev–Trinajstić information content (AvgIpc) is 3.06. The lowest BCUT2D eigenvalue weighted by Crippen LogP contribution is -2.76. The van der Waals surface area contributed by atoms with Crippen LogP contribution in [0, 0.1) is 5.41 Å². The second-order valence-electron chi connectivity index (χ2n) is 9.67. The van der Waals surface area contributed by atoms with Crippen molar-refractivity contribution in [2.24, 2.45) is 11.1 Å². The Labute approximate surface area is 189 Å². The molecule has 3 fully saturated rings. The van der Waals surface area contributed by atoms with E-state index in [0.29, 0.717) is 30.0 Å². The first-order valence-corrected chi connectivity index (χ1v) is 11.0. The number of fused-ring (bicyclic) bond motifs is 1. The van der Waals surface area contributed by atoms with Crippen molar-refractivity contribution in [3.8, 4) is 0 Å². The van der Waals surface area contributed by atoms with Crippen LogP contribution in [-0.4, -0.2) is 40.6 Å². The molecular weight excluding hydrogens is 441 g/mol. The van der Waals surface area contributed by atoms with Crippen LogP contribution in [0.15, 0.2) is 36.5 Å². The fourth-order valence-electron chi connectivity index (χ4n) is 5.75. The van der Waals surface area contributed by atoms with Gasteiger partial charge in [0.15, 0.2) is 6.04 Å². The average molecular weight is 465 g/mol. The first-order valence-electron chi connectivity index (χ1n) is 10.6. The van der Waals surface area contributed by atoms with Crippen LogP contribution in [0.2, 0.25) is 5.02 Å². The summed E-state index contributed by atoms with van der Waals surface area (Å²) in [5.74, 6) is -0.501. The number of carbonyl (C=O) groups excluding carboxylic acids is 1. The maximum atomic E-state index is 13.9. The van der Waals surface area contributed by atoms with Crippen molar-refractivity contribution in [1.29, 1.82) is 0 Å². The predicted molar refractivity (Wildman–Crippen MR) is 115 cm³/mol. The molecule has 1 heterocycles. The molecule has 2 aromatic rings. The van der Waals surface area contributed by atoms with Gasteiger partial charge in [-0.3, -0.25) is 9.78 Å². The number of nitrogens with one attached hydrogen (secondary N) is 1. The molecule has 1 amide bonds. The van der Waals surface area contributed by atoms with Crippen LogP contribution in [0.5, 0.6) is 0 Å². The zero-order valence-corrected chi connectivity index (χ0v) is 18.3. The highest BCUT2D eigenvalue weighted by Gasteiger charge is 2.71. The van der Waals surface area contributed by atoms with E-state index in [1.54, 1.807) is 6.07 Å². The van der Waals surface area contributed by atoms with Gasteiger partial charge in [-0.05, 0) is 67.5 Å². The number of pyridine rings is 1. The lowest BCUT2D eigenvalue weighted by Gasteiger charge is -2.68. The number of nitrogens with zero attached hydrogens (tertiary/aromatic N) is 2. The van der Waals surface area contributed by atoms with Crippen molar-refractivity contribution in [2.75, 3.05) is 12.4 Å². The van der Waals surface area contributed by atoms with Gasteiger partial charge in [-0.15, -0.1) is 0 Å². The fourth-order valence-corrected chi connectivity index (χ4v) is 5.94. The van der Waals surface area contributed by atoms with Gasteiger partial charge in [-0.1, -0.05) is 17.7 Å². The normalized spacial score (nSPS) is 28.9. The van der Waals surface area contributed by atoms with Gasteiger partial charge in [0.1, 0.15) is 0 Å². The van der Waals surface area contributed by atoms with Crippen LogP contribution in [0.25, 0.3) is 0 Å². The molecule has 32 heavy (non-hydrogen) atoms. The first kappa shape index (κ1) is 21.5. The molecule has 0 spiro atoms. The van der Waals surface area contributed by atoms with E-state index in [1.807, 2.05) is 18.2 Å². The number of anilines is 1. The Kier molecular flexibility index (Phi) is 4.77. The summed E-state index contributed by atoms with van der Waals surface area (Å²) in [6.45, 7) is 0. The van der Waals surface area contributed by atoms with E-state index >= 15 is 0 Å². The Morgan fingerprint density at radius 3 is 2.50 bits per heavy atom. The quantitative estimate of drug-likeness (QED) is 0.693. The van der Waals surface area contributed by atoms with Gasteiger partial charge in [0.2, 0.25) is 5.91 Å². The Hall–Kier alpha value is -2.32. The van der Waals surface area contributed by atoms with E-state index in [0.717, 1.165) is 17.7 Å². The highest BCUT2D eigenvalue weighted by Crippen LogP contribution is 2.66. The molecule has 6 rings (SSSR count). The summed E-state index contributed by atoms with van der Waals surface area (Å²) >= 11 is 6.06. The summed E-state index contributed by atoms with van der Waals surface area (Å²) < 4.78 is 41.8. The summed E-state index contributed by atoms with van der Waals surface area (Å²) in [5.41, 5.74) is 7.71. The topological polar surface area (TPSA) is 71.2 Å². The minimum absolute atomic E-state index is 0.117. The van der Waals surface area contributed by atoms with Crippen molar-refractivity contribution in [3.05, 3.63) is 58.4 Å². The standard InChI is InChI=1S/C23H24ClF3N4O/c1-31(20(32)21-10-22(28,11-21)12-21)19(23(25,26)27)18-5-4-16(9-29-18)30-17-7-13-2-3-15(24)6-14(13)8-17/h2-6,9,17,19,30H,7-8,10-12,28H2,1H3/t17?,19-,21?,22?/m0/s1. The van der Waals surface area contributed by atoms with Gasteiger partial charge in [0, 0.05) is 23.7 Å².